The Morgan fingerprint density at radius 2 is 1.67 bits per heavy atom. The summed E-state index contributed by atoms with van der Waals surface area (Å²) in [7, 11) is 0. The van der Waals surface area contributed by atoms with Gasteiger partial charge in [-0.25, -0.2) is 4.39 Å². The van der Waals surface area contributed by atoms with Gasteiger partial charge in [0, 0.05) is 6.07 Å². The topological polar surface area (TPSA) is 29.5 Å². The van der Waals surface area contributed by atoms with Crippen LogP contribution < -0.4 is 4.74 Å². The van der Waals surface area contributed by atoms with Crippen LogP contribution in [-0.2, 0) is 12.8 Å². The molecule has 0 aromatic heterocycles. The molecule has 7 heteroatoms. The van der Waals surface area contributed by atoms with Crippen molar-refractivity contribution < 1.29 is 27.4 Å². The summed E-state index contributed by atoms with van der Waals surface area (Å²) >= 11 is 2.96. The van der Waals surface area contributed by atoms with Gasteiger partial charge in [-0.05, 0) is 45.8 Å². The lowest BCUT2D eigenvalue weighted by molar-refractivity contribution is -0.138. The zero-order valence-electron chi connectivity index (χ0n) is 10.4. The van der Waals surface area contributed by atoms with Gasteiger partial charge in [0.1, 0.15) is 17.3 Å². The molecule has 0 aliphatic heterocycles. The summed E-state index contributed by atoms with van der Waals surface area (Å²) in [5, 5.41) is 8.93. The fraction of sp³-hybridized carbons (Fsp3) is 0.143. The number of ether oxygens (including phenoxy) is 1. The molecule has 0 amide bonds. The lowest BCUT2D eigenvalue weighted by Crippen LogP contribution is -2.09. The van der Waals surface area contributed by atoms with Crippen molar-refractivity contribution in [3.05, 3.63) is 57.8 Å². The van der Waals surface area contributed by atoms with Crippen LogP contribution in [-0.4, -0.2) is 5.11 Å². The molecule has 2 aromatic carbocycles. The molecular weight excluding hydrogens is 356 g/mol. The van der Waals surface area contributed by atoms with Gasteiger partial charge in [-0.3, -0.25) is 0 Å². The standard InChI is InChI=1S/C14H9BrF4O2/c15-12-4-3-10(6-13(12)16)21-9-2-1-8(7-20)11(5-9)14(17,18)19/h1-6,20H,7H2. The van der Waals surface area contributed by atoms with E-state index in [1.54, 1.807) is 0 Å². The van der Waals surface area contributed by atoms with Crippen molar-refractivity contribution in [3.8, 4) is 11.5 Å². The van der Waals surface area contributed by atoms with Gasteiger partial charge in [0.15, 0.2) is 0 Å². The SMILES string of the molecule is OCc1ccc(Oc2ccc(Br)c(F)c2)cc1C(F)(F)F. The molecule has 0 aliphatic carbocycles. The summed E-state index contributed by atoms with van der Waals surface area (Å²) < 4.78 is 57.3. The first-order valence-electron chi connectivity index (χ1n) is 5.75. The molecule has 0 saturated carbocycles. The highest BCUT2D eigenvalue weighted by Crippen LogP contribution is 2.36. The predicted octanol–water partition coefficient (Wildman–Crippen LogP) is 4.89. The number of hydrogen-bond acceptors (Lipinski definition) is 2. The van der Waals surface area contributed by atoms with Gasteiger partial charge < -0.3 is 9.84 Å². The largest absolute Gasteiger partial charge is 0.457 e. The first kappa shape index (κ1) is 15.8. The first-order chi connectivity index (χ1) is 9.81. The number of hydrogen-bond donors (Lipinski definition) is 1. The van der Waals surface area contributed by atoms with Gasteiger partial charge in [-0.1, -0.05) is 6.07 Å². The van der Waals surface area contributed by atoms with Crippen LogP contribution in [0.1, 0.15) is 11.1 Å². The van der Waals surface area contributed by atoms with E-state index in [1.807, 2.05) is 0 Å². The maximum atomic E-state index is 13.3. The zero-order chi connectivity index (χ0) is 15.6. The van der Waals surface area contributed by atoms with Crippen molar-refractivity contribution in [2.24, 2.45) is 0 Å². The number of rotatable bonds is 3. The first-order valence-corrected chi connectivity index (χ1v) is 6.54. The molecule has 112 valence electrons. The minimum absolute atomic E-state index is 0.0700. The third kappa shape index (κ3) is 3.74. The Hall–Kier alpha value is -1.60. The highest BCUT2D eigenvalue weighted by atomic mass is 79.9. The van der Waals surface area contributed by atoms with Gasteiger partial charge in [0.2, 0.25) is 0 Å². The zero-order valence-corrected chi connectivity index (χ0v) is 12.0. The highest BCUT2D eigenvalue weighted by molar-refractivity contribution is 9.10. The quantitative estimate of drug-likeness (QED) is 0.785. The molecule has 1 N–H and O–H groups in total. The van der Waals surface area contributed by atoms with E-state index in [9.17, 15) is 17.6 Å². The van der Waals surface area contributed by atoms with Gasteiger partial charge >= 0.3 is 6.18 Å². The van der Waals surface area contributed by atoms with E-state index in [-0.39, 0.29) is 21.5 Å². The average Bonchev–Trinajstić information content (AvgIpc) is 2.42. The molecule has 0 aliphatic rings. The molecule has 0 unspecified atom stereocenters. The second-order valence-corrected chi connectivity index (χ2v) is 5.01. The Labute approximate surface area is 126 Å². The minimum atomic E-state index is -4.61. The molecule has 2 nitrogen and oxygen atoms in total. The molecule has 21 heavy (non-hydrogen) atoms. The predicted molar refractivity (Wildman–Crippen MR) is 71.5 cm³/mol. The van der Waals surface area contributed by atoms with E-state index in [0.717, 1.165) is 18.2 Å². The summed E-state index contributed by atoms with van der Waals surface area (Å²) in [5.74, 6) is -0.614. The van der Waals surface area contributed by atoms with Crippen LogP contribution in [0.15, 0.2) is 40.9 Å². The van der Waals surface area contributed by atoms with E-state index in [1.165, 1.54) is 18.2 Å². The Morgan fingerprint density at radius 1 is 1.05 bits per heavy atom. The Balaban J connectivity index is 2.34. The van der Waals surface area contributed by atoms with E-state index < -0.39 is 24.2 Å². The van der Waals surface area contributed by atoms with Crippen LogP contribution in [0.5, 0.6) is 11.5 Å². The molecule has 2 rings (SSSR count). The Kier molecular flexibility index (Phi) is 4.53. The Morgan fingerprint density at radius 3 is 2.24 bits per heavy atom. The van der Waals surface area contributed by atoms with Crippen LogP contribution in [0.4, 0.5) is 17.6 Å². The fourth-order valence-corrected chi connectivity index (χ4v) is 1.94. The molecule has 0 bridgehead atoms. The van der Waals surface area contributed by atoms with E-state index in [0.29, 0.717) is 0 Å². The van der Waals surface area contributed by atoms with Crippen molar-refractivity contribution in [3.63, 3.8) is 0 Å². The third-order valence-corrected chi connectivity index (χ3v) is 3.33. The van der Waals surface area contributed by atoms with Gasteiger partial charge in [-0.2, -0.15) is 13.2 Å². The normalized spacial score (nSPS) is 11.5. The summed E-state index contributed by atoms with van der Waals surface area (Å²) in [5.41, 5.74) is -1.24. The van der Waals surface area contributed by atoms with Crippen LogP contribution in [0.3, 0.4) is 0 Å². The number of benzene rings is 2. The highest BCUT2D eigenvalue weighted by Gasteiger charge is 2.33. The molecule has 0 radical (unpaired) electrons. The number of aliphatic hydroxyl groups is 1. The summed E-state index contributed by atoms with van der Waals surface area (Å²) in [6, 6.07) is 7.02. The molecule has 2 aromatic rings. The molecule has 0 saturated heterocycles. The monoisotopic (exact) mass is 364 g/mol. The lowest BCUT2D eigenvalue weighted by atomic mass is 10.1. The average molecular weight is 365 g/mol. The van der Waals surface area contributed by atoms with Crippen molar-refractivity contribution >= 4 is 15.9 Å². The van der Waals surface area contributed by atoms with Gasteiger partial charge in [0.25, 0.3) is 0 Å². The van der Waals surface area contributed by atoms with Gasteiger partial charge in [-0.15, -0.1) is 0 Å². The van der Waals surface area contributed by atoms with E-state index >= 15 is 0 Å². The van der Waals surface area contributed by atoms with Crippen molar-refractivity contribution in [2.45, 2.75) is 12.8 Å². The lowest BCUT2D eigenvalue weighted by Gasteiger charge is -2.13. The number of alkyl halides is 3. The number of aliphatic hydroxyl groups excluding tert-OH is 1. The molecular formula is C14H9BrF4O2. The van der Waals surface area contributed by atoms with Crippen LogP contribution in [0.2, 0.25) is 0 Å². The molecule has 0 spiro atoms. The maximum absolute atomic E-state index is 13.3. The molecule has 0 atom stereocenters. The van der Waals surface area contributed by atoms with Crippen molar-refractivity contribution in [1.29, 1.82) is 0 Å². The third-order valence-electron chi connectivity index (χ3n) is 2.68. The van der Waals surface area contributed by atoms with Crippen molar-refractivity contribution in [2.75, 3.05) is 0 Å². The summed E-state index contributed by atoms with van der Waals surface area (Å²) in [6.45, 7) is -0.734. The van der Waals surface area contributed by atoms with Crippen LogP contribution in [0.25, 0.3) is 0 Å². The Bertz CT molecular complexity index is 656. The van der Waals surface area contributed by atoms with Gasteiger partial charge in [0.05, 0.1) is 16.6 Å². The molecule has 0 heterocycles. The van der Waals surface area contributed by atoms with Crippen LogP contribution in [0, 0.1) is 5.82 Å². The summed E-state index contributed by atoms with van der Waals surface area (Å²) in [6.07, 6.45) is -4.61. The maximum Gasteiger partial charge on any atom is 0.416 e. The second-order valence-electron chi connectivity index (χ2n) is 4.15. The summed E-state index contributed by atoms with van der Waals surface area (Å²) in [4.78, 5) is 0. The van der Waals surface area contributed by atoms with E-state index in [2.05, 4.69) is 15.9 Å². The number of halogens is 5. The molecule has 0 fully saturated rings. The fourth-order valence-electron chi connectivity index (χ4n) is 1.70. The van der Waals surface area contributed by atoms with Crippen LogP contribution >= 0.6 is 15.9 Å². The van der Waals surface area contributed by atoms with E-state index in [4.69, 9.17) is 9.84 Å². The smallest absolute Gasteiger partial charge is 0.416 e. The minimum Gasteiger partial charge on any atom is -0.457 e. The second kappa shape index (κ2) is 6.03. The van der Waals surface area contributed by atoms with Crippen molar-refractivity contribution in [1.82, 2.24) is 0 Å².